The Morgan fingerprint density at radius 1 is 1.43 bits per heavy atom. The van der Waals surface area contributed by atoms with Gasteiger partial charge in [-0.15, -0.1) is 0 Å². The number of carbonyl (C=O) groups is 1. The largest absolute Gasteiger partial charge is 0.395 e. The van der Waals surface area contributed by atoms with Crippen LogP contribution in [0.4, 0.5) is 8.78 Å². The zero-order valence-corrected chi connectivity index (χ0v) is 12.5. The number of nitrogens with zero attached hydrogens (tertiary/aromatic N) is 3. The molecule has 5 nitrogen and oxygen atoms in total. The van der Waals surface area contributed by atoms with E-state index < -0.39 is 12.0 Å². The van der Waals surface area contributed by atoms with Crippen molar-refractivity contribution >= 4 is 5.91 Å². The molecule has 0 bridgehead atoms. The highest BCUT2D eigenvalue weighted by Gasteiger charge is 2.49. The topological polar surface area (TPSA) is 67.6 Å². The van der Waals surface area contributed by atoms with Gasteiger partial charge in [0.15, 0.2) is 0 Å². The second-order valence-electron chi connectivity index (χ2n) is 6.13. The number of hydrogen-bond donors (Lipinski definition) is 1. The maximum absolute atomic E-state index is 13.5. The van der Waals surface area contributed by atoms with Crippen molar-refractivity contribution in [2.75, 3.05) is 26.2 Å². The van der Waals surface area contributed by atoms with Crippen LogP contribution in [0.25, 0.3) is 0 Å². The van der Waals surface area contributed by atoms with E-state index in [0.29, 0.717) is 24.2 Å². The van der Waals surface area contributed by atoms with Gasteiger partial charge < -0.3 is 10.0 Å². The van der Waals surface area contributed by atoms with E-state index in [4.69, 9.17) is 5.26 Å². The van der Waals surface area contributed by atoms with E-state index in [-0.39, 0.29) is 31.5 Å². The summed E-state index contributed by atoms with van der Waals surface area (Å²) in [6, 6.07) is 7.71. The second kappa shape index (κ2) is 5.87. The number of halogens is 2. The monoisotopic (exact) mass is 321 g/mol. The lowest BCUT2D eigenvalue weighted by Crippen LogP contribution is -2.62. The second-order valence-corrected chi connectivity index (χ2v) is 6.13. The van der Waals surface area contributed by atoms with Crippen LogP contribution in [0, 0.1) is 11.3 Å². The zero-order chi connectivity index (χ0) is 16.6. The number of nitriles is 1. The third-order valence-corrected chi connectivity index (χ3v) is 4.49. The van der Waals surface area contributed by atoms with Crippen LogP contribution in [0.1, 0.15) is 22.3 Å². The molecule has 1 aromatic rings. The Bertz CT molecular complexity index is 653. The highest BCUT2D eigenvalue weighted by atomic mass is 19.3. The van der Waals surface area contributed by atoms with E-state index in [1.807, 2.05) is 6.07 Å². The fourth-order valence-corrected chi connectivity index (χ4v) is 3.25. The average molecular weight is 321 g/mol. The molecule has 0 unspecified atom stereocenters. The van der Waals surface area contributed by atoms with E-state index in [0.717, 1.165) is 0 Å². The van der Waals surface area contributed by atoms with Gasteiger partial charge in [-0.05, 0) is 18.2 Å². The lowest BCUT2D eigenvalue weighted by molar-refractivity contribution is -0.0125. The summed E-state index contributed by atoms with van der Waals surface area (Å²) in [7, 11) is 0. The molecule has 2 aliphatic heterocycles. The van der Waals surface area contributed by atoms with Crippen LogP contribution in [0.5, 0.6) is 0 Å². The number of alkyl halides is 2. The van der Waals surface area contributed by atoms with Crippen LogP contribution in [-0.4, -0.2) is 65.1 Å². The van der Waals surface area contributed by atoms with Gasteiger partial charge in [0.25, 0.3) is 11.8 Å². The molecule has 122 valence electrons. The molecule has 2 aliphatic rings. The molecular weight excluding hydrogens is 304 g/mol. The smallest absolute Gasteiger partial charge is 0.262 e. The number of benzene rings is 1. The molecule has 0 spiro atoms. The maximum Gasteiger partial charge on any atom is 0.262 e. The number of aliphatic hydroxyl groups is 1. The van der Waals surface area contributed by atoms with E-state index in [1.54, 1.807) is 28.0 Å². The third-order valence-electron chi connectivity index (χ3n) is 4.49. The molecule has 0 aromatic heterocycles. The summed E-state index contributed by atoms with van der Waals surface area (Å²) in [5.41, 5.74) is 0.834. The summed E-state index contributed by atoms with van der Waals surface area (Å²) in [6.45, 7) is 0.0590. The van der Waals surface area contributed by atoms with Crippen molar-refractivity contribution in [1.82, 2.24) is 9.80 Å². The Hall–Kier alpha value is -2.04. The maximum atomic E-state index is 13.5. The summed E-state index contributed by atoms with van der Waals surface area (Å²) in [4.78, 5) is 15.5. The SMILES string of the molecule is N#Cc1cccc(C(=O)N2CC(N3CC(F)(F)C[C@H]3CO)C2)c1. The zero-order valence-electron chi connectivity index (χ0n) is 12.5. The molecule has 7 heteroatoms. The number of aliphatic hydroxyl groups excluding tert-OH is 1. The molecule has 3 rings (SSSR count). The van der Waals surface area contributed by atoms with E-state index in [2.05, 4.69) is 0 Å². The highest BCUT2D eigenvalue weighted by Crippen LogP contribution is 2.35. The van der Waals surface area contributed by atoms with Gasteiger partial charge in [0.05, 0.1) is 24.8 Å². The van der Waals surface area contributed by atoms with Crippen LogP contribution >= 0.6 is 0 Å². The van der Waals surface area contributed by atoms with E-state index in [9.17, 15) is 18.7 Å². The molecule has 1 atom stereocenters. The predicted octanol–water partition coefficient (Wildman–Crippen LogP) is 1.08. The fourth-order valence-electron chi connectivity index (χ4n) is 3.25. The van der Waals surface area contributed by atoms with Crippen LogP contribution in [-0.2, 0) is 0 Å². The summed E-state index contributed by atoms with van der Waals surface area (Å²) < 4.78 is 27.0. The van der Waals surface area contributed by atoms with Gasteiger partial charge >= 0.3 is 0 Å². The molecule has 0 saturated carbocycles. The van der Waals surface area contributed by atoms with Gasteiger partial charge in [-0.3, -0.25) is 9.69 Å². The van der Waals surface area contributed by atoms with Crippen LogP contribution in [0.2, 0.25) is 0 Å². The van der Waals surface area contributed by atoms with Crippen LogP contribution in [0.15, 0.2) is 24.3 Å². The average Bonchev–Trinajstić information content (AvgIpc) is 2.80. The number of amides is 1. The van der Waals surface area contributed by atoms with Crippen LogP contribution in [0.3, 0.4) is 0 Å². The lowest BCUT2D eigenvalue weighted by atomic mass is 10.0. The number of carbonyl (C=O) groups excluding carboxylic acids is 1. The first-order chi connectivity index (χ1) is 10.9. The molecule has 2 saturated heterocycles. The van der Waals surface area contributed by atoms with Crippen LogP contribution < -0.4 is 0 Å². The molecule has 0 aliphatic carbocycles. The fraction of sp³-hybridized carbons (Fsp3) is 0.500. The van der Waals surface area contributed by atoms with Gasteiger partial charge in [0.1, 0.15) is 0 Å². The van der Waals surface area contributed by atoms with Gasteiger partial charge in [-0.25, -0.2) is 8.78 Å². The standard InChI is InChI=1S/C16H17F2N3O2/c17-16(18)5-13(9-22)21(10-16)14-7-20(8-14)15(23)12-3-1-2-11(4-12)6-19/h1-4,13-14,22H,5,7-10H2/t13-/m0/s1. The summed E-state index contributed by atoms with van der Waals surface area (Å²) in [5.74, 6) is -2.98. The van der Waals surface area contributed by atoms with Gasteiger partial charge in [-0.1, -0.05) is 6.07 Å². The van der Waals surface area contributed by atoms with Crippen molar-refractivity contribution in [2.45, 2.75) is 24.4 Å². The highest BCUT2D eigenvalue weighted by molar-refractivity contribution is 5.95. The predicted molar refractivity (Wildman–Crippen MR) is 78.0 cm³/mol. The Morgan fingerprint density at radius 2 is 2.17 bits per heavy atom. The minimum absolute atomic E-state index is 0.149. The van der Waals surface area contributed by atoms with Crippen molar-refractivity contribution < 1.29 is 18.7 Å². The molecule has 23 heavy (non-hydrogen) atoms. The first-order valence-electron chi connectivity index (χ1n) is 7.47. The van der Waals surface area contributed by atoms with Crippen molar-refractivity contribution in [2.24, 2.45) is 0 Å². The number of rotatable bonds is 3. The molecule has 2 fully saturated rings. The van der Waals surface area contributed by atoms with E-state index in [1.165, 1.54) is 6.07 Å². The Morgan fingerprint density at radius 3 is 2.83 bits per heavy atom. The van der Waals surface area contributed by atoms with Crippen molar-refractivity contribution in [1.29, 1.82) is 5.26 Å². The summed E-state index contributed by atoms with van der Waals surface area (Å²) in [5, 5.41) is 18.1. The first kappa shape index (κ1) is 15.8. The Kier molecular flexibility index (Phi) is 4.04. The van der Waals surface area contributed by atoms with Gasteiger partial charge in [0, 0.05) is 37.2 Å². The lowest BCUT2D eigenvalue weighted by Gasteiger charge is -2.45. The molecule has 2 heterocycles. The molecule has 0 radical (unpaired) electrons. The summed E-state index contributed by atoms with van der Waals surface area (Å²) >= 11 is 0. The normalized spacial score (nSPS) is 24.3. The molecule has 1 aromatic carbocycles. The van der Waals surface area contributed by atoms with Gasteiger partial charge in [-0.2, -0.15) is 5.26 Å². The Balaban J connectivity index is 1.62. The minimum atomic E-state index is -2.78. The number of hydrogen-bond acceptors (Lipinski definition) is 4. The first-order valence-corrected chi connectivity index (χ1v) is 7.47. The molecular formula is C16H17F2N3O2. The molecule has 1 amide bonds. The van der Waals surface area contributed by atoms with E-state index >= 15 is 0 Å². The van der Waals surface area contributed by atoms with Crippen molar-refractivity contribution in [3.05, 3.63) is 35.4 Å². The summed E-state index contributed by atoms with van der Waals surface area (Å²) in [6.07, 6.45) is -0.335. The van der Waals surface area contributed by atoms with Gasteiger partial charge in [0.2, 0.25) is 0 Å². The molecule has 1 N–H and O–H groups in total. The minimum Gasteiger partial charge on any atom is -0.395 e. The van der Waals surface area contributed by atoms with Crippen molar-refractivity contribution in [3.8, 4) is 6.07 Å². The quantitative estimate of drug-likeness (QED) is 0.905. The third kappa shape index (κ3) is 3.05. The Labute approximate surface area is 132 Å². The van der Waals surface area contributed by atoms with Crippen molar-refractivity contribution in [3.63, 3.8) is 0 Å². The number of likely N-dealkylation sites (tertiary alicyclic amines) is 2.